The third-order valence-corrected chi connectivity index (χ3v) is 4.73. The van der Waals surface area contributed by atoms with Crippen molar-refractivity contribution in [3.05, 3.63) is 24.3 Å². The number of anilines is 1. The molecule has 1 saturated carbocycles. The fourth-order valence-corrected chi connectivity index (χ4v) is 3.81. The van der Waals surface area contributed by atoms with E-state index in [0.29, 0.717) is 6.04 Å². The fraction of sp³-hybridized carbons (Fsp3) is 0.500. The molecule has 0 aromatic heterocycles. The second-order valence-electron chi connectivity index (χ2n) is 4.86. The molecule has 1 heterocycles. The molecule has 3 rings (SSSR count). The first-order chi connectivity index (χ1) is 8.85. The summed E-state index contributed by atoms with van der Waals surface area (Å²) in [4.78, 5) is 4.82. The van der Waals surface area contributed by atoms with E-state index < -0.39 is 0 Å². The SMILES string of the molecule is COc1cccc(NC2=NC3CCCC3CS2)c1. The molecule has 0 spiro atoms. The molecule has 1 aliphatic carbocycles. The van der Waals surface area contributed by atoms with Crippen LogP contribution in [0.2, 0.25) is 0 Å². The van der Waals surface area contributed by atoms with Gasteiger partial charge in [0.15, 0.2) is 5.17 Å². The number of methoxy groups -OCH3 is 1. The van der Waals surface area contributed by atoms with Crippen LogP contribution >= 0.6 is 11.8 Å². The molecule has 2 aliphatic rings. The van der Waals surface area contributed by atoms with Crippen LogP contribution in [-0.2, 0) is 0 Å². The quantitative estimate of drug-likeness (QED) is 0.887. The Morgan fingerprint density at radius 2 is 2.33 bits per heavy atom. The lowest BCUT2D eigenvalue weighted by Gasteiger charge is -2.23. The van der Waals surface area contributed by atoms with Gasteiger partial charge in [0.2, 0.25) is 0 Å². The first-order valence-corrected chi connectivity index (χ1v) is 7.45. The van der Waals surface area contributed by atoms with Gasteiger partial charge in [-0.15, -0.1) is 0 Å². The highest BCUT2D eigenvalue weighted by Crippen LogP contribution is 2.35. The monoisotopic (exact) mass is 262 g/mol. The number of fused-ring (bicyclic) bond motifs is 1. The lowest BCUT2D eigenvalue weighted by molar-refractivity contribution is 0.415. The van der Waals surface area contributed by atoms with Crippen molar-refractivity contribution in [1.82, 2.24) is 0 Å². The zero-order valence-corrected chi connectivity index (χ0v) is 11.4. The number of hydrogen-bond donors (Lipinski definition) is 1. The third kappa shape index (κ3) is 2.48. The topological polar surface area (TPSA) is 33.6 Å². The fourth-order valence-electron chi connectivity index (χ4n) is 2.65. The summed E-state index contributed by atoms with van der Waals surface area (Å²) >= 11 is 1.85. The van der Waals surface area contributed by atoms with Crippen molar-refractivity contribution in [3.8, 4) is 5.75 Å². The van der Waals surface area contributed by atoms with Crippen molar-refractivity contribution in [1.29, 1.82) is 0 Å². The van der Waals surface area contributed by atoms with Crippen molar-refractivity contribution in [3.63, 3.8) is 0 Å². The first-order valence-electron chi connectivity index (χ1n) is 6.47. The van der Waals surface area contributed by atoms with Crippen LogP contribution in [0.5, 0.6) is 5.75 Å². The van der Waals surface area contributed by atoms with Crippen LogP contribution in [0.3, 0.4) is 0 Å². The van der Waals surface area contributed by atoms with Gasteiger partial charge in [-0.3, -0.25) is 4.99 Å². The lowest BCUT2D eigenvalue weighted by atomic mass is 10.1. The average molecular weight is 262 g/mol. The van der Waals surface area contributed by atoms with E-state index in [2.05, 4.69) is 5.32 Å². The molecule has 1 aromatic carbocycles. The van der Waals surface area contributed by atoms with Crippen LogP contribution < -0.4 is 10.1 Å². The third-order valence-electron chi connectivity index (χ3n) is 3.66. The molecule has 2 atom stereocenters. The van der Waals surface area contributed by atoms with E-state index >= 15 is 0 Å². The maximum Gasteiger partial charge on any atom is 0.161 e. The number of ether oxygens (including phenoxy) is 1. The van der Waals surface area contributed by atoms with E-state index in [1.807, 2.05) is 36.0 Å². The van der Waals surface area contributed by atoms with E-state index in [1.54, 1.807) is 7.11 Å². The average Bonchev–Trinajstić information content (AvgIpc) is 2.86. The molecule has 3 nitrogen and oxygen atoms in total. The zero-order valence-electron chi connectivity index (χ0n) is 10.6. The highest BCUT2D eigenvalue weighted by Gasteiger charge is 2.30. The zero-order chi connectivity index (χ0) is 12.4. The standard InChI is InChI=1S/C14H18N2OS/c1-17-12-6-3-5-11(8-12)15-14-16-13-7-2-4-10(13)9-18-14/h3,5-6,8,10,13H,2,4,7,9H2,1H3,(H,15,16). The molecule has 0 amide bonds. The number of aliphatic imine (C=N–C) groups is 1. The molecule has 1 N–H and O–H groups in total. The first kappa shape index (κ1) is 11.9. The van der Waals surface area contributed by atoms with E-state index in [0.717, 1.165) is 22.5 Å². The molecule has 18 heavy (non-hydrogen) atoms. The number of nitrogens with one attached hydrogen (secondary N) is 1. The highest BCUT2D eigenvalue weighted by molar-refractivity contribution is 8.14. The van der Waals surface area contributed by atoms with E-state index in [-0.39, 0.29) is 0 Å². The normalized spacial score (nSPS) is 26.4. The summed E-state index contributed by atoms with van der Waals surface area (Å²) in [6.07, 6.45) is 3.95. The van der Waals surface area contributed by atoms with Gasteiger partial charge in [0.25, 0.3) is 0 Å². The van der Waals surface area contributed by atoms with E-state index in [9.17, 15) is 0 Å². The summed E-state index contributed by atoms with van der Waals surface area (Å²) in [6.45, 7) is 0. The minimum absolute atomic E-state index is 0.555. The molecule has 2 unspecified atom stereocenters. The summed E-state index contributed by atoms with van der Waals surface area (Å²) in [5, 5.41) is 4.46. The van der Waals surface area contributed by atoms with Crippen LogP contribution in [0.15, 0.2) is 29.3 Å². The molecule has 1 fully saturated rings. The van der Waals surface area contributed by atoms with Gasteiger partial charge in [0.1, 0.15) is 5.75 Å². The van der Waals surface area contributed by atoms with Crippen LogP contribution in [0.25, 0.3) is 0 Å². The molecule has 96 valence electrons. The van der Waals surface area contributed by atoms with Gasteiger partial charge in [-0.1, -0.05) is 24.2 Å². The number of hydrogen-bond acceptors (Lipinski definition) is 4. The van der Waals surface area contributed by atoms with Gasteiger partial charge in [0, 0.05) is 17.5 Å². The maximum atomic E-state index is 5.23. The molecule has 0 radical (unpaired) electrons. The summed E-state index contributed by atoms with van der Waals surface area (Å²) in [6, 6.07) is 8.55. The smallest absolute Gasteiger partial charge is 0.161 e. The Kier molecular flexibility index (Phi) is 3.46. The molecular weight excluding hydrogens is 244 g/mol. The van der Waals surface area contributed by atoms with Crippen molar-refractivity contribution in [2.24, 2.45) is 10.9 Å². The molecule has 1 aliphatic heterocycles. The van der Waals surface area contributed by atoms with Gasteiger partial charge in [-0.25, -0.2) is 0 Å². The van der Waals surface area contributed by atoms with Crippen molar-refractivity contribution >= 4 is 22.6 Å². The molecular formula is C14H18N2OS. The summed E-state index contributed by atoms with van der Waals surface area (Å²) in [5.41, 5.74) is 1.05. The van der Waals surface area contributed by atoms with Gasteiger partial charge < -0.3 is 10.1 Å². The van der Waals surface area contributed by atoms with E-state index in [4.69, 9.17) is 9.73 Å². The van der Waals surface area contributed by atoms with Gasteiger partial charge in [-0.05, 0) is 30.9 Å². The Labute approximate surface area is 112 Å². The van der Waals surface area contributed by atoms with Crippen LogP contribution in [-0.4, -0.2) is 24.1 Å². The number of nitrogens with zero attached hydrogens (tertiary/aromatic N) is 1. The van der Waals surface area contributed by atoms with Crippen LogP contribution in [0, 0.1) is 5.92 Å². The Morgan fingerprint density at radius 3 is 3.22 bits per heavy atom. The van der Waals surface area contributed by atoms with Crippen molar-refractivity contribution in [2.75, 3.05) is 18.2 Å². The summed E-state index contributed by atoms with van der Waals surface area (Å²) in [7, 11) is 1.69. The lowest BCUT2D eigenvalue weighted by Crippen LogP contribution is -2.25. The minimum Gasteiger partial charge on any atom is -0.497 e. The second-order valence-corrected chi connectivity index (χ2v) is 5.87. The number of rotatable bonds is 2. The second kappa shape index (κ2) is 5.22. The Bertz CT molecular complexity index is 461. The minimum atomic E-state index is 0.555. The predicted molar refractivity (Wildman–Crippen MR) is 77.6 cm³/mol. The predicted octanol–water partition coefficient (Wildman–Crippen LogP) is 3.38. The van der Waals surface area contributed by atoms with Crippen LogP contribution in [0.4, 0.5) is 5.69 Å². The molecule has 1 aromatic rings. The van der Waals surface area contributed by atoms with Crippen LogP contribution in [0.1, 0.15) is 19.3 Å². The highest BCUT2D eigenvalue weighted by atomic mass is 32.2. The largest absolute Gasteiger partial charge is 0.497 e. The molecule has 0 bridgehead atoms. The Balaban J connectivity index is 1.72. The number of amidine groups is 1. The van der Waals surface area contributed by atoms with Crippen molar-refractivity contribution < 1.29 is 4.74 Å². The summed E-state index contributed by atoms with van der Waals surface area (Å²) in [5.74, 6) is 2.89. The molecule has 4 heteroatoms. The van der Waals surface area contributed by atoms with Gasteiger partial charge >= 0.3 is 0 Å². The summed E-state index contributed by atoms with van der Waals surface area (Å²) < 4.78 is 5.23. The number of thioether (sulfide) groups is 1. The Morgan fingerprint density at radius 1 is 1.39 bits per heavy atom. The van der Waals surface area contributed by atoms with Gasteiger partial charge in [0.05, 0.1) is 13.2 Å². The maximum absolute atomic E-state index is 5.23. The Hall–Kier alpha value is -1.16. The van der Waals surface area contributed by atoms with E-state index in [1.165, 1.54) is 25.0 Å². The number of benzene rings is 1. The van der Waals surface area contributed by atoms with Crippen molar-refractivity contribution in [2.45, 2.75) is 25.3 Å². The molecule has 0 saturated heterocycles. The van der Waals surface area contributed by atoms with Gasteiger partial charge in [-0.2, -0.15) is 0 Å².